The number of amidine groups is 1. The van der Waals surface area contributed by atoms with E-state index in [9.17, 15) is 23.1 Å². The number of amides is 1. The molecule has 1 saturated heterocycles. The number of hydrazine groups is 1. The summed E-state index contributed by atoms with van der Waals surface area (Å²) in [6.07, 6.45) is -4.35. The van der Waals surface area contributed by atoms with Gasteiger partial charge in [-0.15, -0.1) is 0 Å². The van der Waals surface area contributed by atoms with Crippen molar-refractivity contribution in [1.29, 1.82) is 0 Å². The second-order valence-electron chi connectivity index (χ2n) is 7.68. The Morgan fingerprint density at radius 1 is 1.06 bits per heavy atom. The van der Waals surface area contributed by atoms with E-state index in [4.69, 9.17) is 11.6 Å². The fourth-order valence-electron chi connectivity index (χ4n) is 3.16. The van der Waals surface area contributed by atoms with E-state index in [0.717, 1.165) is 16.6 Å². The van der Waals surface area contributed by atoms with Crippen LogP contribution in [0.3, 0.4) is 0 Å². The monoisotopic (exact) mass is 517 g/mol. The second-order valence-corrected chi connectivity index (χ2v) is 8.07. The maximum absolute atomic E-state index is 13.9. The van der Waals surface area contributed by atoms with Crippen LogP contribution in [0.5, 0.6) is 11.5 Å². The highest BCUT2D eigenvalue weighted by molar-refractivity contribution is 6.21. The van der Waals surface area contributed by atoms with Crippen LogP contribution in [0.15, 0.2) is 88.0 Å². The number of anilines is 1. The zero-order chi connectivity index (χ0) is 25.9. The predicted octanol–water partition coefficient (Wildman–Crippen LogP) is 5.94. The number of rotatable bonds is 7. The molecule has 8 nitrogen and oxygen atoms in total. The smallest absolute Gasteiger partial charge is 0.444 e. The van der Waals surface area contributed by atoms with Crippen molar-refractivity contribution in [2.24, 2.45) is 15.2 Å². The number of benzene rings is 3. The Hall–Kier alpha value is -4.12. The molecule has 0 aliphatic carbocycles. The summed E-state index contributed by atoms with van der Waals surface area (Å²) in [6.45, 7) is 1.90. The van der Waals surface area contributed by atoms with Crippen LogP contribution in [0.4, 0.5) is 30.2 Å². The number of carbonyl (C=O) groups excluding carboxylic acids is 1. The molecule has 0 bridgehead atoms. The number of hydrogen-bond acceptors (Lipinski definition) is 6. The number of phenols is 1. The average Bonchev–Trinajstić information content (AvgIpc) is 3.15. The van der Waals surface area contributed by atoms with Crippen LogP contribution < -0.4 is 15.2 Å². The summed E-state index contributed by atoms with van der Waals surface area (Å²) < 4.78 is 45.4. The molecule has 2 unspecified atom stereocenters. The Kier molecular flexibility index (Phi) is 7.11. The van der Waals surface area contributed by atoms with E-state index in [0.29, 0.717) is 11.4 Å². The lowest BCUT2D eigenvalue weighted by atomic mass is 10.2. The van der Waals surface area contributed by atoms with Gasteiger partial charge in [-0.3, -0.25) is 10.2 Å². The van der Waals surface area contributed by atoms with Crippen LogP contribution >= 0.6 is 11.6 Å². The minimum Gasteiger partial charge on any atom is -0.508 e. The minimum atomic E-state index is -4.35. The average molecular weight is 518 g/mol. The Bertz CT molecular complexity index is 1300. The molecule has 2 atom stereocenters. The van der Waals surface area contributed by atoms with Gasteiger partial charge in [0.15, 0.2) is 11.6 Å². The molecule has 12 heteroatoms. The Balaban J connectivity index is 1.71. The molecular formula is C24H19ClF3N5O3. The largest absolute Gasteiger partial charge is 0.508 e. The van der Waals surface area contributed by atoms with Gasteiger partial charge in [-0.05, 0) is 55.5 Å². The van der Waals surface area contributed by atoms with E-state index < -0.39 is 29.4 Å². The Morgan fingerprint density at radius 3 is 2.36 bits per heavy atom. The number of azo groups is 1. The van der Waals surface area contributed by atoms with E-state index in [1.165, 1.54) is 42.5 Å². The van der Waals surface area contributed by atoms with Crippen LogP contribution in [0.2, 0.25) is 0 Å². The summed E-state index contributed by atoms with van der Waals surface area (Å²) in [5.74, 6) is -1.11. The number of aromatic hydroxyl groups is 1. The molecule has 0 saturated carbocycles. The van der Waals surface area contributed by atoms with E-state index in [-0.39, 0.29) is 17.3 Å². The molecule has 0 spiro atoms. The van der Waals surface area contributed by atoms with Crippen molar-refractivity contribution in [1.82, 2.24) is 5.43 Å². The first kappa shape index (κ1) is 25.0. The van der Waals surface area contributed by atoms with Gasteiger partial charge in [0.25, 0.3) is 11.5 Å². The molecule has 1 fully saturated rings. The van der Waals surface area contributed by atoms with Crippen molar-refractivity contribution in [2.45, 2.75) is 24.7 Å². The van der Waals surface area contributed by atoms with Gasteiger partial charge in [0.05, 0.1) is 11.4 Å². The normalized spacial score (nSPS) is 18.0. The number of para-hydroxylation sites is 2. The lowest BCUT2D eigenvalue weighted by Gasteiger charge is -2.23. The van der Waals surface area contributed by atoms with Crippen LogP contribution in [-0.2, 0) is 4.79 Å². The molecule has 2 N–H and O–H groups in total. The quantitative estimate of drug-likeness (QED) is 0.299. The third-order valence-electron chi connectivity index (χ3n) is 4.97. The first-order valence-corrected chi connectivity index (χ1v) is 11.0. The molecule has 36 heavy (non-hydrogen) atoms. The third kappa shape index (κ3) is 5.57. The number of halogens is 4. The summed E-state index contributed by atoms with van der Waals surface area (Å²) >= 11 is 4.92. The van der Waals surface area contributed by atoms with Crippen molar-refractivity contribution in [3.05, 3.63) is 78.4 Å². The van der Waals surface area contributed by atoms with Crippen LogP contribution in [0.25, 0.3) is 0 Å². The Labute approximate surface area is 208 Å². The summed E-state index contributed by atoms with van der Waals surface area (Å²) in [5.41, 5.74) is 1.36. The van der Waals surface area contributed by atoms with Crippen LogP contribution in [-0.4, -0.2) is 34.6 Å². The number of aryl methyl sites for hydroxylation is 1. The first-order chi connectivity index (χ1) is 17.1. The van der Waals surface area contributed by atoms with Crippen molar-refractivity contribution in [3.63, 3.8) is 0 Å². The van der Waals surface area contributed by atoms with E-state index in [1.807, 2.05) is 19.1 Å². The van der Waals surface area contributed by atoms with Gasteiger partial charge >= 0.3 is 6.11 Å². The number of hydrogen-bond donors (Lipinski definition) is 2. The van der Waals surface area contributed by atoms with Gasteiger partial charge in [-0.2, -0.15) is 19.0 Å². The summed E-state index contributed by atoms with van der Waals surface area (Å²) in [5, 5.41) is 18.5. The van der Waals surface area contributed by atoms with Gasteiger partial charge in [-0.25, -0.2) is 14.4 Å². The molecule has 0 aromatic heterocycles. The lowest BCUT2D eigenvalue weighted by Crippen LogP contribution is -2.38. The van der Waals surface area contributed by atoms with Gasteiger partial charge in [0.1, 0.15) is 11.4 Å². The van der Waals surface area contributed by atoms with Crippen LogP contribution in [0.1, 0.15) is 5.56 Å². The van der Waals surface area contributed by atoms with Crippen molar-refractivity contribution < 1.29 is 27.8 Å². The number of nitrogens with zero attached hydrogens (tertiary/aromatic N) is 4. The lowest BCUT2D eigenvalue weighted by molar-refractivity contribution is -0.198. The fraction of sp³-hybridized carbons (Fsp3) is 0.167. The van der Waals surface area contributed by atoms with Gasteiger partial charge < -0.3 is 9.84 Å². The number of aliphatic imine (C=N–C) groups is 1. The molecular weight excluding hydrogens is 499 g/mol. The van der Waals surface area contributed by atoms with Gasteiger partial charge in [0.2, 0.25) is 6.04 Å². The van der Waals surface area contributed by atoms with E-state index in [2.05, 4.69) is 25.4 Å². The zero-order valence-electron chi connectivity index (χ0n) is 18.6. The maximum Gasteiger partial charge on any atom is 0.444 e. The van der Waals surface area contributed by atoms with E-state index >= 15 is 0 Å². The van der Waals surface area contributed by atoms with Gasteiger partial charge in [0, 0.05) is 0 Å². The molecule has 4 rings (SSSR count). The SMILES string of the molecule is Cc1ccc(N=C2NN(c3ccccc3OC(F)(F)C(F)Cl)C(=O)C2N=Nc2ccc(O)cc2)cc1. The van der Waals surface area contributed by atoms with Crippen LogP contribution in [0, 0.1) is 6.92 Å². The maximum atomic E-state index is 13.9. The minimum absolute atomic E-state index is 0.0289. The predicted molar refractivity (Wildman–Crippen MR) is 128 cm³/mol. The molecule has 1 aliphatic heterocycles. The highest BCUT2D eigenvalue weighted by Gasteiger charge is 2.45. The summed E-state index contributed by atoms with van der Waals surface area (Å²) in [6, 6.07) is 16.9. The topological polar surface area (TPSA) is 98.9 Å². The molecule has 1 amide bonds. The highest BCUT2D eigenvalue weighted by atomic mass is 35.5. The summed E-state index contributed by atoms with van der Waals surface area (Å²) in [4.78, 5) is 17.8. The molecule has 3 aromatic carbocycles. The standard InChI is InChI=1S/C24H19ClF3N5O3/c1-14-6-8-15(9-7-14)29-21-20(31-30-16-10-12-17(34)13-11-16)22(35)33(32-21)18-4-2-3-5-19(18)36-24(27,28)23(25)26/h2-13,20,23,34H,1H3,(H,29,32). The number of alkyl halides is 4. The number of ether oxygens (including phenoxy) is 1. The third-order valence-corrected chi connectivity index (χ3v) is 5.22. The summed E-state index contributed by atoms with van der Waals surface area (Å²) in [7, 11) is 0. The first-order valence-electron chi connectivity index (χ1n) is 10.5. The molecule has 1 heterocycles. The number of nitrogens with one attached hydrogen (secondary N) is 1. The molecule has 3 aromatic rings. The van der Waals surface area contributed by atoms with E-state index in [1.54, 1.807) is 12.1 Å². The zero-order valence-corrected chi connectivity index (χ0v) is 19.4. The van der Waals surface area contributed by atoms with Crippen molar-refractivity contribution >= 4 is 40.4 Å². The molecule has 1 aliphatic rings. The Morgan fingerprint density at radius 2 is 1.69 bits per heavy atom. The molecule has 0 radical (unpaired) electrons. The van der Waals surface area contributed by atoms with Crippen molar-refractivity contribution in [3.8, 4) is 11.5 Å². The highest BCUT2D eigenvalue weighted by Crippen LogP contribution is 2.36. The van der Waals surface area contributed by atoms with Gasteiger partial charge in [-0.1, -0.05) is 41.4 Å². The second kappa shape index (κ2) is 10.2. The number of carbonyl (C=O) groups is 1. The van der Waals surface area contributed by atoms with Crippen molar-refractivity contribution in [2.75, 3.05) is 5.01 Å². The molecule has 186 valence electrons. The fourth-order valence-corrected chi connectivity index (χ4v) is 3.21. The number of phenolic OH excluding ortho intramolecular Hbond substituents is 1.